The molecule has 1 aromatic carbocycles. The lowest BCUT2D eigenvalue weighted by molar-refractivity contribution is 0.821. The molecule has 8 nitrogen and oxygen atoms in total. The number of nitrogens with one attached hydrogen (secondary N) is 2. The van der Waals surface area contributed by atoms with E-state index in [1.165, 1.54) is 11.8 Å². The molecule has 0 fully saturated rings. The Bertz CT molecular complexity index is 1070. The average molecular weight is 362 g/mol. The van der Waals surface area contributed by atoms with Crippen molar-refractivity contribution in [3.63, 3.8) is 0 Å². The van der Waals surface area contributed by atoms with Crippen molar-refractivity contribution in [1.29, 1.82) is 0 Å². The Morgan fingerprint density at radius 1 is 1.27 bits per heavy atom. The van der Waals surface area contributed by atoms with Crippen LogP contribution in [0.1, 0.15) is 11.4 Å². The molecule has 0 saturated heterocycles. The Kier molecular flexibility index (Phi) is 4.33. The van der Waals surface area contributed by atoms with E-state index >= 15 is 0 Å². The number of rotatable bonds is 5. The molecular weight excluding hydrogens is 347 g/mol. The van der Waals surface area contributed by atoms with Crippen LogP contribution in [0.4, 0.5) is 5.95 Å². The van der Waals surface area contributed by atoms with E-state index in [2.05, 4.69) is 35.6 Å². The number of thioether (sulfide) groups is 1. The van der Waals surface area contributed by atoms with Gasteiger partial charge in [-0.2, -0.15) is 19.7 Å². The second kappa shape index (κ2) is 6.79. The van der Waals surface area contributed by atoms with Crippen molar-refractivity contribution in [2.75, 3.05) is 11.6 Å². The van der Waals surface area contributed by atoms with Crippen LogP contribution in [-0.4, -0.2) is 48.9 Å². The maximum atomic E-state index is 5.92. The lowest BCUT2D eigenvalue weighted by Gasteiger charge is -2.07. The van der Waals surface area contributed by atoms with E-state index in [9.17, 15) is 0 Å². The molecule has 0 aliphatic carbocycles. The summed E-state index contributed by atoms with van der Waals surface area (Å²) in [6.45, 7) is 2.45. The van der Waals surface area contributed by atoms with Gasteiger partial charge in [-0.1, -0.05) is 35.5 Å². The van der Waals surface area contributed by atoms with Crippen LogP contribution in [-0.2, 0) is 6.54 Å². The van der Waals surface area contributed by atoms with Crippen LogP contribution in [0.2, 0.25) is 0 Å². The fourth-order valence-electron chi connectivity index (χ4n) is 2.53. The molecule has 26 heavy (non-hydrogen) atoms. The fraction of sp³-hybridized carbons (Fsp3) is 0.188. The smallest absolute Gasteiger partial charge is 0.228 e. The highest BCUT2D eigenvalue weighted by Crippen LogP contribution is 2.17. The molecule has 128 valence electrons. The van der Waals surface area contributed by atoms with Crippen molar-refractivity contribution < 1.29 is 0 Å². The first-order valence-electron chi connectivity index (χ1n) is 7.91. The molecule has 0 saturated carbocycles. The summed E-state index contributed by atoms with van der Waals surface area (Å²) in [6, 6.07) is 8.06. The minimum atomic E-state index is 0.415. The topological polar surface area (TPSA) is 96.7 Å². The van der Waals surface area contributed by atoms with Crippen LogP contribution in [0, 0.1) is 6.92 Å². The number of aryl methyl sites for hydroxylation is 1. The lowest BCUT2D eigenvalue weighted by Crippen LogP contribution is -2.12. The number of hydrogen-bond acceptors (Lipinski definition) is 7. The van der Waals surface area contributed by atoms with Crippen LogP contribution in [0.3, 0.4) is 0 Å². The first-order valence-corrected chi connectivity index (χ1v) is 9.14. The predicted molar refractivity (Wildman–Crippen MR) is 102 cm³/mol. The van der Waals surface area contributed by atoms with E-state index < -0.39 is 0 Å². The van der Waals surface area contributed by atoms with Gasteiger partial charge in [0.05, 0.1) is 6.54 Å². The molecule has 10 heteroatoms. The minimum absolute atomic E-state index is 0.415. The van der Waals surface area contributed by atoms with Gasteiger partial charge in [0.1, 0.15) is 13.7 Å². The molecule has 0 aliphatic heterocycles. The summed E-state index contributed by atoms with van der Waals surface area (Å²) in [4.78, 5) is 13.4. The van der Waals surface area contributed by atoms with Gasteiger partial charge in [0.15, 0.2) is 16.6 Å². The number of anilines is 1. The average Bonchev–Trinajstić information content (AvgIpc) is 3.27. The molecular formula is C16H15BN8S. The van der Waals surface area contributed by atoms with Gasteiger partial charge in [0.2, 0.25) is 5.95 Å². The molecule has 4 aromatic rings. The molecule has 2 radical (unpaired) electrons. The van der Waals surface area contributed by atoms with E-state index in [4.69, 9.17) is 7.85 Å². The summed E-state index contributed by atoms with van der Waals surface area (Å²) in [5.74, 6) is 1.90. The minimum Gasteiger partial charge on any atom is -0.347 e. The third kappa shape index (κ3) is 3.15. The Morgan fingerprint density at radius 3 is 2.96 bits per heavy atom. The summed E-state index contributed by atoms with van der Waals surface area (Å²) in [5, 5.41) is 15.3. The van der Waals surface area contributed by atoms with Gasteiger partial charge in [-0.25, -0.2) is 9.97 Å². The number of fused-ring (bicyclic) bond motifs is 1. The van der Waals surface area contributed by atoms with Crippen molar-refractivity contribution in [3.8, 4) is 11.4 Å². The highest BCUT2D eigenvalue weighted by Gasteiger charge is 2.11. The van der Waals surface area contributed by atoms with Crippen LogP contribution in [0.15, 0.2) is 35.6 Å². The SMILES string of the molecule is [B]c1cnn2c(NCc3nc(-c4cccc(C)c4)n[nH]3)nc(SC)nc12. The summed E-state index contributed by atoms with van der Waals surface area (Å²) >= 11 is 1.44. The summed E-state index contributed by atoms with van der Waals surface area (Å²) < 4.78 is 1.58. The number of nitrogens with zero attached hydrogens (tertiary/aromatic N) is 6. The molecule has 0 bridgehead atoms. The van der Waals surface area contributed by atoms with Gasteiger partial charge in [-0.3, -0.25) is 5.10 Å². The molecule has 0 spiro atoms. The highest BCUT2D eigenvalue weighted by molar-refractivity contribution is 7.98. The molecule has 3 aromatic heterocycles. The van der Waals surface area contributed by atoms with Crippen molar-refractivity contribution >= 4 is 36.7 Å². The van der Waals surface area contributed by atoms with Gasteiger partial charge >= 0.3 is 0 Å². The molecule has 0 aliphatic rings. The second-order valence-electron chi connectivity index (χ2n) is 5.70. The first kappa shape index (κ1) is 16.6. The van der Waals surface area contributed by atoms with Crippen LogP contribution < -0.4 is 10.8 Å². The normalized spacial score (nSPS) is 11.2. The second-order valence-corrected chi connectivity index (χ2v) is 6.47. The van der Waals surface area contributed by atoms with Crippen LogP contribution >= 0.6 is 11.8 Å². The molecule has 4 rings (SSSR count). The van der Waals surface area contributed by atoms with Crippen molar-refractivity contribution in [2.45, 2.75) is 18.6 Å². The molecule has 3 heterocycles. The van der Waals surface area contributed by atoms with Crippen molar-refractivity contribution in [1.82, 2.24) is 34.8 Å². The molecule has 0 amide bonds. The van der Waals surface area contributed by atoms with Gasteiger partial charge in [-0.05, 0) is 24.7 Å². The highest BCUT2D eigenvalue weighted by atomic mass is 32.2. The van der Waals surface area contributed by atoms with E-state index in [1.54, 1.807) is 10.7 Å². The number of H-pyrrole nitrogens is 1. The summed E-state index contributed by atoms with van der Waals surface area (Å²) in [6.07, 6.45) is 3.47. The van der Waals surface area contributed by atoms with Crippen molar-refractivity contribution in [2.24, 2.45) is 0 Å². The molecule has 0 unspecified atom stereocenters. The first-order chi connectivity index (χ1) is 12.6. The Morgan fingerprint density at radius 2 is 2.15 bits per heavy atom. The van der Waals surface area contributed by atoms with E-state index in [0.29, 0.717) is 40.4 Å². The third-order valence-corrected chi connectivity index (χ3v) is 4.33. The van der Waals surface area contributed by atoms with Crippen LogP contribution in [0.25, 0.3) is 17.0 Å². The zero-order valence-electron chi connectivity index (χ0n) is 14.3. The third-order valence-electron chi connectivity index (χ3n) is 3.78. The Balaban J connectivity index is 1.57. The fourth-order valence-corrected chi connectivity index (χ4v) is 2.89. The van der Waals surface area contributed by atoms with Crippen LogP contribution in [0.5, 0.6) is 0 Å². The summed E-state index contributed by atoms with van der Waals surface area (Å²) in [5.41, 5.74) is 3.22. The standard InChI is InChI=1S/C16H15BN8S/c1-9-4-3-5-10(6-9)13-20-12(23-24-13)8-18-15-22-16(26-2)21-14-11(17)7-19-25(14)15/h3-7H,8H2,1-2H3,(H,18,21,22)(H,20,23,24). The van der Waals surface area contributed by atoms with Gasteiger partial charge in [0.25, 0.3) is 0 Å². The molecule has 0 atom stereocenters. The summed E-state index contributed by atoms with van der Waals surface area (Å²) in [7, 11) is 5.92. The van der Waals surface area contributed by atoms with Gasteiger partial charge in [0, 0.05) is 11.8 Å². The van der Waals surface area contributed by atoms with E-state index in [-0.39, 0.29) is 0 Å². The quantitative estimate of drug-likeness (QED) is 0.409. The Hall–Kier alpha value is -2.88. The predicted octanol–water partition coefficient (Wildman–Crippen LogP) is 1.35. The number of benzene rings is 1. The monoisotopic (exact) mass is 362 g/mol. The van der Waals surface area contributed by atoms with Gasteiger partial charge in [-0.15, -0.1) is 0 Å². The zero-order chi connectivity index (χ0) is 18.1. The number of aromatic amines is 1. The van der Waals surface area contributed by atoms with Gasteiger partial charge < -0.3 is 5.32 Å². The van der Waals surface area contributed by atoms with E-state index in [0.717, 1.165) is 11.1 Å². The maximum Gasteiger partial charge on any atom is 0.228 e. The van der Waals surface area contributed by atoms with Crippen molar-refractivity contribution in [3.05, 3.63) is 41.9 Å². The number of aromatic nitrogens is 7. The zero-order valence-corrected chi connectivity index (χ0v) is 15.1. The van der Waals surface area contributed by atoms with E-state index in [1.807, 2.05) is 37.4 Å². The lowest BCUT2D eigenvalue weighted by atomic mass is 10.0. The number of hydrogen-bond donors (Lipinski definition) is 2. The maximum absolute atomic E-state index is 5.92. The molecule has 2 N–H and O–H groups in total. The largest absolute Gasteiger partial charge is 0.347 e. The Labute approximate surface area is 155 Å².